The van der Waals surface area contributed by atoms with Gasteiger partial charge in [0.15, 0.2) is 0 Å². The van der Waals surface area contributed by atoms with Gasteiger partial charge in [-0.1, -0.05) is 182 Å². The lowest BCUT2D eigenvalue weighted by molar-refractivity contribution is 1.10. The van der Waals surface area contributed by atoms with Crippen molar-refractivity contribution in [2.75, 3.05) is 0 Å². The van der Waals surface area contributed by atoms with E-state index in [1.165, 1.54) is 159 Å². The second-order valence-corrected chi connectivity index (χ2v) is 20.3. The first kappa shape index (κ1) is 37.5. The maximum absolute atomic E-state index is 2.68. The van der Waals surface area contributed by atoms with Gasteiger partial charge in [0.25, 0.3) is 6.71 Å². The second kappa shape index (κ2) is 13.3. The van der Waals surface area contributed by atoms with Crippen molar-refractivity contribution in [3.63, 3.8) is 0 Å². The molecule has 3 aromatic heterocycles. The summed E-state index contributed by atoms with van der Waals surface area (Å²) in [5, 5.41) is 13.0. The lowest BCUT2D eigenvalue weighted by Gasteiger charge is -2.35. The van der Waals surface area contributed by atoms with E-state index in [4.69, 9.17) is 0 Å². The maximum atomic E-state index is 2.68. The Balaban J connectivity index is 1.04. The average molecular weight is 908 g/mol. The largest absolute Gasteiger partial charge is 0.310 e. The predicted molar refractivity (Wildman–Crippen MR) is 304 cm³/mol. The van der Waals surface area contributed by atoms with Crippen LogP contribution in [-0.4, -0.2) is 20.4 Å². The number of hydrogen-bond acceptors (Lipinski definition) is 0. The molecule has 5 heterocycles. The molecule has 18 rings (SSSR count). The summed E-state index contributed by atoms with van der Waals surface area (Å²) in [4.78, 5) is 0. The van der Waals surface area contributed by atoms with Crippen LogP contribution in [0.3, 0.4) is 0 Å². The fourth-order valence-corrected chi connectivity index (χ4v) is 14.1. The molecule has 0 amide bonds. The molecular formula is C68H38BN3. The van der Waals surface area contributed by atoms with Gasteiger partial charge in [0.1, 0.15) is 0 Å². The summed E-state index contributed by atoms with van der Waals surface area (Å²) in [5.74, 6) is 0. The highest BCUT2D eigenvalue weighted by Gasteiger charge is 2.43. The Hall–Kier alpha value is -9.38. The molecule has 328 valence electrons. The van der Waals surface area contributed by atoms with Crippen LogP contribution >= 0.6 is 0 Å². The molecule has 0 atom stereocenters. The van der Waals surface area contributed by atoms with E-state index in [9.17, 15) is 0 Å². The lowest BCUT2D eigenvalue weighted by atomic mass is 9.34. The summed E-state index contributed by atoms with van der Waals surface area (Å²) in [6, 6.07) is 87.3. The molecule has 0 unspecified atom stereocenters. The third-order valence-electron chi connectivity index (χ3n) is 16.9. The molecule has 72 heavy (non-hydrogen) atoms. The monoisotopic (exact) mass is 907 g/mol. The highest BCUT2D eigenvalue weighted by molar-refractivity contribution is 7.00. The number of fused-ring (bicyclic) bond motifs is 16. The molecule has 12 aromatic carbocycles. The van der Waals surface area contributed by atoms with Crippen molar-refractivity contribution < 1.29 is 0 Å². The molecule has 0 fully saturated rings. The summed E-state index contributed by atoms with van der Waals surface area (Å²) in [6.07, 6.45) is 0. The van der Waals surface area contributed by atoms with Crippen molar-refractivity contribution in [2.24, 2.45) is 0 Å². The molecule has 0 bridgehead atoms. The Morgan fingerprint density at radius 2 is 0.833 bits per heavy atom. The molecule has 15 aromatic rings. The van der Waals surface area contributed by atoms with E-state index >= 15 is 0 Å². The molecule has 0 saturated heterocycles. The number of para-hydroxylation sites is 1. The highest BCUT2D eigenvalue weighted by atomic mass is 15.1. The van der Waals surface area contributed by atoms with Gasteiger partial charge in [-0.3, -0.25) is 0 Å². The molecule has 0 saturated carbocycles. The quantitative estimate of drug-likeness (QED) is 0.157. The number of rotatable bonds is 3. The molecule has 4 heteroatoms. The van der Waals surface area contributed by atoms with Gasteiger partial charge in [-0.25, -0.2) is 0 Å². The van der Waals surface area contributed by atoms with Gasteiger partial charge in [-0.05, 0) is 131 Å². The van der Waals surface area contributed by atoms with Gasteiger partial charge in [0.2, 0.25) is 0 Å². The predicted octanol–water partition coefficient (Wildman–Crippen LogP) is 15.4. The number of nitrogens with zero attached hydrogens (tertiary/aromatic N) is 3. The smallest absolute Gasteiger partial charge is 0.252 e. The fraction of sp³-hybridized carbons (Fsp3) is 0. The van der Waals surface area contributed by atoms with Crippen LogP contribution in [0.1, 0.15) is 0 Å². The molecule has 3 aliphatic rings. The van der Waals surface area contributed by atoms with E-state index < -0.39 is 0 Å². The maximum Gasteiger partial charge on any atom is 0.252 e. The van der Waals surface area contributed by atoms with Crippen LogP contribution in [0.2, 0.25) is 0 Å². The van der Waals surface area contributed by atoms with E-state index in [-0.39, 0.29) is 6.71 Å². The fourth-order valence-electron chi connectivity index (χ4n) is 14.1. The van der Waals surface area contributed by atoms with Crippen molar-refractivity contribution in [3.8, 4) is 61.6 Å². The van der Waals surface area contributed by atoms with Crippen LogP contribution in [0, 0.1) is 0 Å². The van der Waals surface area contributed by atoms with Crippen LogP contribution in [0.5, 0.6) is 0 Å². The van der Waals surface area contributed by atoms with Crippen LogP contribution in [0.15, 0.2) is 231 Å². The Kier molecular flexibility index (Phi) is 6.92. The lowest BCUT2D eigenvalue weighted by Crippen LogP contribution is -2.59. The third-order valence-corrected chi connectivity index (χ3v) is 16.9. The van der Waals surface area contributed by atoms with Crippen molar-refractivity contribution in [1.29, 1.82) is 0 Å². The van der Waals surface area contributed by atoms with Gasteiger partial charge in [0.05, 0.1) is 38.8 Å². The Morgan fingerprint density at radius 1 is 0.278 bits per heavy atom. The SMILES string of the molecule is c1ccc(-c2ccc3c(c2)c2cc(-c4ccccc4)ccc2n3-c2cc3c4c(c2)-n2c5ccccc5c5c6ccccc6cc(c52)B4c2ccc4c5c6c7c(cccc7ccc6n-3c25)-c2ccccc2-4)cc1. The number of benzene rings is 12. The second-order valence-electron chi connectivity index (χ2n) is 20.3. The van der Waals surface area contributed by atoms with Crippen molar-refractivity contribution >= 4 is 110 Å². The average Bonchev–Trinajstić information content (AvgIpc) is 4.07. The van der Waals surface area contributed by atoms with Crippen LogP contribution < -0.4 is 16.4 Å². The summed E-state index contributed by atoms with van der Waals surface area (Å²) < 4.78 is 7.87. The minimum atomic E-state index is -0.0110. The van der Waals surface area contributed by atoms with Gasteiger partial charge in [-0.15, -0.1) is 0 Å². The Morgan fingerprint density at radius 3 is 1.56 bits per heavy atom. The summed E-state index contributed by atoms with van der Waals surface area (Å²) in [6.45, 7) is -0.0110. The zero-order valence-corrected chi connectivity index (χ0v) is 38.9. The first-order valence-electron chi connectivity index (χ1n) is 25.2. The third kappa shape index (κ3) is 4.55. The highest BCUT2D eigenvalue weighted by Crippen LogP contribution is 2.51. The zero-order chi connectivity index (χ0) is 46.5. The van der Waals surface area contributed by atoms with Crippen molar-refractivity contribution in [2.45, 2.75) is 0 Å². The van der Waals surface area contributed by atoms with Crippen LogP contribution in [0.4, 0.5) is 0 Å². The van der Waals surface area contributed by atoms with Crippen LogP contribution in [0.25, 0.3) is 149 Å². The van der Waals surface area contributed by atoms with Gasteiger partial charge >= 0.3 is 0 Å². The van der Waals surface area contributed by atoms with Gasteiger partial charge in [0, 0.05) is 43.7 Å². The minimum Gasteiger partial charge on any atom is -0.310 e. The number of hydrogen-bond donors (Lipinski definition) is 0. The zero-order valence-electron chi connectivity index (χ0n) is 38.9. The first-order valence-corrected chi connectivity index (χ1v) is 25.2. The normalized spacial score (nSPS) is 13.0. The van der Waals surface area contributed by atoms with E-state index in [1.807, 2.05) is 0 Å². The molecular weight excluding hydrogens is 870 g/mol. The molecule has 2 aliphatic heterocycles. The Labute approximate surface area is 413 Å². The standard InChI is InChI=1S/C68H38BN3/c1-3-14-39(15-4-1)42-27-31-57-52(34-42)53-35-43(40-16-5-2-6-17-40)28-32-58(53)70(57)45-37-60-66-61(38-45)72-59-33-26-41-19-13-24-49-47-21-9-10-22-48(47)50-29-30-54(67(72)64(50)65(59)62(41)49)69(66)55-36-44-18-7-8-20-46(44)63-51-23-11-12-25-56(51)71(60)68(55)63/h1-38H. The van der Waals surface area contributed by atoms with Crippen molar-refractivity contribution in [1.82, 2.24) is 13.7 Å². The first-order chi connectivity index (χ1) is 35.7. The molecule has 1 aliphatic carbocycles. The van der Waals surface area contributed by atoms with E-state index in [1.54, 1.807) is 0 Å². The molecule has 0 N–H and O–H groups in total. The minimum absolute atomic E-state index is 0.0110. The molecule has 0 spiro atoms. The summed E-state index contributed by atoms with van der Waals surface area (Å²) in [5.41, 5.74) is 25.2. The van der Waals surface area contributed by atoms with Gasteiger partial charge in [-0.2, -0.15) is 0 Å². The number of aromatic nitrogens is 3. The summed E-state index contributed by atoms with van der Waals surface area (Å²) in [7, 11) is 0. The van der Waals surface area contributed by atoms with Crippen LogP contribution in [-0.2, 0) is 0 Å². The molecule has 0 radical (unpaired) electrons. The van der Waals surface area contributed by atoms with Gasteiger partial charge < -0.3 is 13.7 Å². The van der Waals surface area contributed by atoms with E-state index in [0.717, 1.165) is 5.69 Å². The van der Waals surface area contributed by atoms with Crippen molar-refractivity contribution in [3.05, 3.63) is 231 Å². The molecule has 3 nitrogen and oxygen atoms in total. The van der Waals surface area contributed by atoms with E-state index in [0.29, 0.717) is 0 Å². The topological polar surface area (TPSA) is 14.8 Å². The summed E-state index contributed by atoms with van der Waals surface area (Å²) >= 11 is 0. The Bertz CT molecular complexity index is 4880. The van der Waals surface area contributed by atoms with E-state index in [2.05, 4.69) is 244 Å².